The Bertz CT molecular complexity index is 776. The number of aryl methyl sites for hydroxylation is 1. The lowest BCUT2D eigenvalue weighted by Gasteiger charge is -2.38. The molecule has 1 aromatic heterocycles. The van der Waals surface area contributed by atoms with Crippen LogP contribution in [0, 0.1) is 6.92 Å². The predicted molar refractivity (Wildman–Crippen MR) is 74.4 cm³/mol. The lowest BCUT2D eigenvalue weighted by molar-refractivity contribution is -0.791. The maximum Gasteiger partial charge on any atom is 0.649 e. The molecule has 2 aliphatic heterocycles. The Kier molecular flexibility index (Phi) is 2.18. The number of hydrogen-bond donors (Lipinski definition) is 0. The first-order chi connectivity index (χ1) is 9.95. The molecule has 0 spiro atoms. The normalized spacial score (nSPS) is 31.3. The van der Waals surface area contributed by atoms with Gasteiger partial charge in [-0.25, -0.2) is 0 Å². The van der Waals surface area contributed by atoms with Crippen LogP contribution in [0.4, 0.5) is 0 Å². The monoisotopic (exact) mass is 287 g/mol. The molecule has 4 rings (SSSR count). The molecule has 0 N–H and O–H groups in total. The van der Waals surface area contributed by atoms with Gasteiger partial charge in [0.25, 0.3) is 0 Å². The van der Waals surface area contributed by atoms with Gasteiger partial charge in [-0.15, -0.1) is 0 Å². The zero-order valence-electron chi connectivity index (χ0n) is 11.8. The third-order valence-corrected chi connectivity index (χ3v) is 4.60. The van der Waals surface area contributed by atoms with E-state index in [4.69, 9.17) is 13.7 Å². The largest absolute Gasteiger partial charge is 0.649 e. The van der Waals surface area contributed by atoms with E-state index >= 15 is 0 Å². The summed E-state index contributed by atoms with van der Waals surface area (Å²) in [6, 6.07) is 7.56. The van der Waals surface area contributed by atoms with Crippen LogP contribution in [0.1, 0.15) is 5.56 Å². The lowest BCUT2D eigenvalue weighted by Crippen LogP contribution is -2.67. The minimum absolute atomic E-state index is 0.0956. The number of hydrogen-bond acceptors (Lipinski definition) is 5. The number of fused-ring (bicyclic) bond motifs is 2. The summed E-state index contributed by atoms with van der Waals surface area (Å²) in [5.41, 5.74) is 1.99. The molecule has 7 heteroatoms. The van der Waals surface area contributed by atoms with Crippen molar-refractivity contribution in [3.05, 3.63) is 29.8 Å². The fourth-order valence-electron chi connectivity index (χ4n) is 3.53. The van der Waals surface area contributed by atoms with E-state index in [9.17, 15) is 9.59 Å². The van der Waals surface area contributed by atoms with Gasteiger partial charge in [-0.05, 0) is 18.6 Å². The smallest absolute Gasteiger partial charge is 0.594 e. The van der Waals surface area contributed by atoms with Crippen molar-refractivity contribution in [2.45, 2.75) is 6.92 Å². The highest BCUT2D eigenvalue weighted by Crippen LogP contribution is 2.35. The number of carbonyl (C=O) groups is 2. The maximum absolute atomic E-state index is 11.8. The molecule has 0 bridgehead atoms. The van der Waals surface area contributed by atoms with Gasteiger partial charge in [-0.1, -0.05) is 18.2 Å². The van der Waals surface area contributed by atoms with Crippen LogP contribution in [-0.2, 0) is 18.9 Å². The Morgan fingerprint density at radius 3 is 2.33 bits per heavy atom. The van der Waals surface area contributed by atoms with Crippen LogP contribution in [-0.4, -0.2) is 43.2 Å². The second kappa shape index (κ2) is 3.68. The molecular weight excluding hydrogens is 273 g/mol. The third kappa shape index (κ3) is 1.41. The number of nitrogens with zero attached hydrogens (tertiary/aromatic N) is 1. The molecule has 1 aromatic carbocycles. The molecular formula is C14H14BNO5. The van der Waals surface area contributed by atoms with Gasteiger partial charge in [0, 0.05) is 12.4 Å². The minimum Gasteiger partial charge on any atom is -0.594 e. The van der Waals surface area contributed by atoms with Gasteiger partial charge in [0.15, 0.2) is 0 Å². The number of furan rings is 1. The van der Waals surface area contributed by atoms with Crippen molar-refractivity contribution in [1.29, 1.82) is 0 Å². The Labute approximate surface area is 120 Å². The molecule has 3 heterocycles. The molecule has 6 nitrogen and oxygen atoms in total. The quantitative estimate of drug-likeness (QED) is 0.712. The average molecular weight is 287 g/mol. The number of para-hydroxylation sites is 1. The van der Waals surface area contributed by atoms with Crippen LogP contribution in [0.3, 0.4) is 0 Å². The summed E-state index contributed by atoms with van der Waals surface area (Å²) in [6.45, 7) is -0.179. The Balaban J connectivity index is 1.99. The van der Waals surface area contributed by atoms with E-state index in [2.05, 4.69) is 0 Å². The Morgan fingerprint density at radius 2 is 1.71 bits per heavy atom. The molecule has 108 valence electrons. The van der Waals surface area contributed by atoms with Gasteiger partial charge in [-0.2, -0.15) is 0 Å². The molecule has 0 amide bonds. The predicted octanol–water partition coefficient (Wildman–Crippen LogP) is 0.447. The van der Waals surface area contributed by atoms with Crippen LogP contribution in [0.2, 0.25) is 0 Å². The SMILES string of the molecule is Cc1c([B-]23OC(=O)C[N+]2(C)CC(=O)O3)oc2ccccc12. The van der Waals surface area contributed by atoms with Crippen molar-refractivity contribution < 1.29 is 27.7 Å². The van der Waals surface area contributed by atoms with Crippen molar-refractivity contribution in [2.24, 2.45) is 0 Å². The van der Waals surface area contributed by atoms with E-state index in [0.717, 1.165) is 10.9 Å². The standard InChI is InChI=1S/C14H14BNO5/c1-9-10-5-3-4-6-11(10)19-14(9)15-16(2,7-12(17)20-15)8-13(18)21-15/h3-6H,7-8H2,1-2H3. The zero-order chi connectivity index (χ0) is 14.8. The first-order valence-electron chi connectivity index (χ1n) is 6.86. The molecule has 2 fully saturated rings. The van der Waals surface area contributed by atoms with Gasteiger partial charge in [-0.3, -0.25) is 9.59 Å². The first kappa shape index (κ1) is 12.5. The van der Waals surface area contributed by atoms with E-state index in [1.54, 1.807) is 7.05 Å². The van der Waals surface area contributed by atoms with Crippen molar-refractivity contribution in [3.8, 4) is 0 Å². The molecule has 0 unspecified atom stereocenters. The first-order valence-corrected chi connectivity index (χ1v) is 6.86. The van der Waals surface area contributed by atoms with Crippen molar-refractivity contribution in [2.75, 3.05) is 20.1 Å². The highest BCUT2D eigenvalue weighted by atomic mass is 16.7. The van der Waals surface area contributed by atoms with Crippen LogP contribution in [0.25, 0.3) is 11.0 Å². The fourth-order valence-corrected chi connectivity index (χ4v) is 3.53. The Hall–Kier alpha value is -2.28. The molecule has 2 aromatic rings. The molecule has 0 aliphatic carbocycles. The highest BCUT2D eigenvalue weighted by Gasteiger charge is 2.69. The van der Waals surface area contributed by atoms with Crippen molar-refractivity contribution >= 4 is 35.3 Å². The van der Waals surface area contributed by atoms with Crippen LogP contribution < -0.4 is 5.66 Å². The highest BCUT2D eigenvalue weighted by molar-refractivity contribution is 6.78. The number of rotatable bonds is 1. The van der Waals surface area contributed by atoms with Gasteiger partial charge in [0.2, 0.25) is 0 Å². The van der Waals surface area contributed by atoms with Gasteiger partial charge < -0.3 is 18.1 Å². The van der Waals surface area contributed by atoms with Gasteiger partial charge in [0.05, 0.1) is 0 Å². The van der Waals surface area contributed by atoms with Crippen LogP contribution in [0.15, 0.2) is 28.7 Å². The van der Waals surface area contributed by atoms with E-state index in [1.165, 1.54) is 0 Å². The van der Waals surface area contributed by atoms with E-state index in [-0.39, 0.29) is 29.4 Å². The minimum atomic E-state index is -2.30. The summed E-state index contributed by atoms with van der Waals surface area (Å²) in [5, 5.41) is 0.932. The van der Waals surface area contributed by atoms with E-state index in [0.29, 0.717) is 11.2 Å². The number of carbonyl (C=O) groups excluding carboxylic acids is 2. The van der Waals surface area contributed by atoms with Crippen molar-refractivity contribution in [1.82, 2.24) is 0 Å². The summed E-state index contributed by atoms with van der Waals surface area (Å²) in [5.74, 6) is -0.741. The average Bonchev–Trinajstić information content (AvgIpc) is 2.94. The molecule has 2 aliphatic rings. The molecule has 0 atom stereocenters. The van der Waals surface area contributed by atoms with E-state index < -0.39 is 6.69 Å². The van der Waals surface area contributed by atoms with Crippen LogP contribution in [0.5, 0.6) is 0 Å². The summed E-state index contributed by atoms with van der Waals surface area (Å²) in [7, 11) is 1.79. The summed E-state index contributed by atoms with van der Waals surface area (Å²) in [6.07, 6.45) is 0. The molecule has 21 heavy (non-hydrogen) atoms. The summed E-state index contributed by atoms with van der Waals surface area (Å²) in [4.78, 5) is 23.6. The van der Waals surface area contributed by atoms with Gasteiger partial charge in [0.1, 0.15) is 24.3 Å². The summed E-state index contributed by atoms with van der Waals surface area (Å²) < 4.78 is 17.0. The number of quaternary nitrogens is 1. The molecule has 0 radical (unpaired) electrons. The number of benzene rings is 1. The van der Waals surface area contributed by atoms with Gasteiger partial charge >= 0.3 is 18.6 Å². The summed E-state index contributed by atoms with van der Waals surface area (Å²) >= 11 is 0. The number of likely N-dealkylation sites (N-methyl/N-ethyl adjacent to an activating group) is 1. The Morgan fingerprint density at radius 1 is 1.10 bits per heavy atom. The second-order valence-corrected chi connectivity index (χ2v) is 6.03. The molecule has 2 saturated heterocycles. The third-order valence-electron chi connectivity index (χ3n) is 4.60. The van der Waals surface area contributed by atoms with Crippen LogP contribution >= 0.6 is 0 Å². The fraction of sp³-hybridized carbons (Fsp3) is 0.286. The molecule has 0 saturated carbocycles. The topological polar surface area (TPSA) is 65.7 Å². The maximum atomic E-state index is 11.8. The zero-order valence-corrected chi connectivity index (χ0v) is 11.8. The van der Waals surface area contributed by atoms with E-state index in [1.807, 2.05) is 31.2 Å². The van der Waals surface area contributed by atoms with Crippen molar-refractivity contribution in [3.63, 3.8) is 0 Å². The second-order valence-electron chi connectivity index (χ2n) is 6.03. The lowest BCUT2D eigenvalue weighted by atomic mass is 9.64.